The third-order valence-electron chi connectivity index (χ3n) is 4.20. The van der Waals surface area contributed by atoms with Crippen LogP contribution in [0.25, 0.3) is 0 Å². The Kier molecular flexibility index (Phi) is 3.55. The van der Waals surface area contributed by atoms with Gasteiger partial charge in [-0.3, -0.25) is 0 Å². The second-order valence-corrected chi connectivity index (χ2v) is 5.58. The molecule has 0 unspecified atom stereocenters. The van der Waals surface area contributed by atoms with Crippen molar-refractivity contribution in [2.45, 2.75) is 6.54 Å². The Morgan fingerprint density at radius 2 is 2.09 bits per heavy atom. The van der Waals surface area contributed by atoms with Crippen molar-refractivity contribution in [2.75, 3.05) is 41.5 Å². The van der Waals surface area contributed by atoms with Gasteiger partial charge in [-0.25, -0.2) is 9.99 Å². The quantitative estimate of drug-likeness (QED) is 0.860. The number of anilines is 4. The molecular weight excluding hydrogens is 294 g/mol. The number of fused-ring (bicyclic) bond motifs is 2. The third kappa shape index (κ3) is 2.59. The van der Waals surface area contributed by atoms with Gasteiger partial charge in [0.05, 0.1) is 36.4 Å². The fraction of sp³-hybridized carbons (Fsp3) is 0.312. The fourth-order valence-corrected chi connectivity index (χ4v) is 2.98. The first-order chi connectivity index (χ1) is 11.3. The van der Waals surface area contributed by atoms with Crippen LogP contribution in [0.5, 0.6) is 0 Å². The zero-order chi connectivity index (χ0) is 15.6. The van der Waals surface area contributed by atoms with Crippen LogP contribution in [0.1, 0.15) is 5.56 Å². The van der Waals surface area contributed by atoms with Gasteiger partial charge in [-0.1, -0.05) is 6.07 Å². The molecular formula is C16H17N5O2. The molecule has 0 bridgehead atoms. The van der Waals surface area contributed by atoms with Gasteiger partial charge >= 0.3 is 0 Å². The topological polar surface area (TPSA) is 70.1 Å². The van der Waals surface area contributed by atoms with Gasteiger partial charge in [-0.15, -0.1) is 4.91 Å². The first kappa shape index (κ1) is 14.0. The number of pyridine rings is 1. The van der Waals surface area contributed by atoms with E-state index in [0.29, 0.717) is 6.54 Å². The summed E-state index contributed by atoms with van der Waals surface area (Å²) in [5, 5.41) is 7.98. The van der Waals surface area contributed by atoms with E-state index < -0.39 is 0 Å². The van der Waals surface area contributed by atoms with Gasteiger partial charge in [0.1, 0.15) is 5.82 Å². The zero-order valence-electron chi connectivity index (χ0n) is 12.6. The molecule has 3 heterocycles. The lowest BCUT2D eigenvalue weighted by Crippen LogP contribution is -2.36. The van der Waals surface area contributed by atoms with E-state index in [-0.39, 0.29) is 0 Å². The Labute approximate surface area is 133 Å². The van der Waals surface area contributed by atoms with Crippen molar-refractivity contribution in [1.29, 1.82) is 0 Å². The van der Waals surface area contributed by atoms with Crippen molar-refractivity contribution >= 4 is 22.9 Å². The number of nitrogens with zero attached hydrogens (tertiary/aromatic N) is 4. The maximum Gasteiger partial charge on any atom is 0.135 e. The van der Waals surface area contributed by atoms with E-state index in [9.17, 15) is 4.91 Å². The predicted molar refractivity (Wildman–Crippen MR) is 89.0 cm³/mol. The first-order valence-corrected chi connectivity index (χ1v) is 7.63. The minimum atomic E-state index is 0.402. The number of aromatic nitrogens is 1. The smallest absolute Gasteiger partial charge is 0.135 e. The van der Waals surface area contributed by atoms with Gasteiger partial charge in [0.2, 0.25) is 0 Å². The normalized spacial score (nSPS) is 16.9. The van der Waals surface area contributed by atoms with Crippen molar-refractivity contribution in [1.82, 2.24) is 4.98 Å². The summed E-state index contributed by atoms with van der Waals surface area (Å²) in [4.78, 5) is 18.0. The molecule has 4 rings (SSSR count). The zero-order valence-corrected chi connectivity index (χ0v) is 12.6. The highest BCUT2D eigenvalue weighted by Crippen LogP contribution is 2.37. The summed E-state index contributed by atoms with van der Waals surface area (Å²) in [5.74, 6) is 0.763. The van der Waals surface area contributed by atoms with E-state index in [4.69, 9.17) is 4.74 Å². The summed E-state index contributed by atoms with van der Waals surface area (Å²) in [6, 6.07) is 9.83. The molecule has 1 aromatic heterocycles. The van der Waals surface area contributed by atoms with E-state index in [1.165, 1.54) is 5.01 Å². The maximum absolute atomic E-state index is 11.4. The number of nitrogens with one attached hydrogen (secondary N) is 1. The van der Waals surface area contributed by atoms with E-state index in [1.54, 1.807) is 6.20 Å². The highest BCUT2D eigenvalue weighted by molar-refractivity contribution is 5.80. The van der Waals surface area contributed by atoms with Crippen LogP contribution in [-0.2, 0) is 11.3 Å². The molecule has 23 heavy (non-hydrogen) atoms. The van der Waals surface area contributed by atoms with Crippen LogP contribution in [0.4, 0.5) is 22.9 Å². The van der Waals surface area contributed by atoms with Crippen LogP contribution in [-0.4, -0.2) is 31.3 Å². The lowest BCUT2D eigenvalue weighted by molar-refractivity contribution is 0.122. The number of ether oxygens (including phenoxy) is 1. The van der Waals surface area contributed by atoms with Crippen LogP contribution >= 0.6 is 0 Å². The van der Waals surface area contributed by atoms with Crippen molar-refractivity contribution in [3.05, 3.63) is 47.0 Å². The minimum absolute atomic E-state index is 0.402. The molecule has 118 valence electrons. The summed E-state index contributed by atoms with van der Waals surface area (Å²) in [6.45, 7) is 3.55. The Morgan fingerprint density at radius 3 is 2.91 bits per heavy atom. The average Bonchev–Trinajstić information content (AvgIpc) is 2.78. The summed E-state index contributed by atoms with van der Waals surface area (Å²) in [5.41, 5.74) is 3.61. The lowest BCUT2D eigenvalue weighted by atomic mass is 10.2. The molecule has 7 heteroatoms. The highest BCUT2D eigenvalue weighted by atomic mass is 16.5. The molecule has 1 saturated heterocycles. The summed E-state index contributed by atoms with van der Waals surface area (Å²) < 4.78 is 5.40. The number of morpholine rings is 1. The Balaban J connectivity index is 1.73. The molecule has 0 spiro atoms. The number of hydrogen-bond donors (Lipinski definition) is 1. The number of benzene rings is 1. The monoisotopic (exact) mass is 311 g/mol. The van der Waals surface area contributed by atoms with E-state index in [1.807, 2.05) is 30.3 Å². The van der Waals surface area contributed by atoms with Crippen molar-refractivity contribution in [2.24, 2.45) is 5.29 Å². The van der Waals surface area contributed by atoms with Crippen LogP contribution in [0.15, 0.2) is 41.8 Å². The average molecular weight is 311 g/mol. The first-order valence-electron chi connectivity index (χ1n) is 7.63. The van der Waals surface area contributed by atoms with E-state index in [2.05, 4.69) is 20.5 Å². The summed E-state index contributed by atoms with van der Waals surface area (Å²) in [6.07, 6.45) is 1.73. The molecule has 2 aliphatic rings. The number of nitroso groups, excluding NO2 is 1. The number of rotatable bonds is 2. The van der Waals surface area contributed by atoms with Crippen molar-refractivity contribution in [3.63, 3.8) is 0 Å². The molecule has 1 fully saturated rings. The van der Waals surface area contributed by atoms with Crippen LogP contribution in [0, 0.1) is 4.91 Å². The third-order valence-corrected chi connectivity index (χ3v) is 4.20. The van der Waals surface area contributed by atoms with Crippen LogP contribution in [0.2, 0.25) is 0 Å². The van der Waals surface area contributed by atoms with Gasteiger partial charge < -0.3 is 15.0 Å². The second kappa shape index (κ2) is 5.85. The van der Waals surface area contributed by atoms with Gasteiger partial charge in [0.15, 0.2) is 0 Å². The molecule has 0 radical (unpaired) electrons. The highest BCUT2D eigenvalue weighted by Gasteiger charge is 2.22. The molecule has 0 amide bonds. The Hall–Kier alpha value is -2.67. The standard InChI is InChI=1S/C16H17N5O2/c22-19-21-11-12-2-1-5-17-16(12)18-14-4-3-13(10-15(14)21)20-6-8-23-9-7-20/h1-5,10H,6-9,11H2,(H,17,18). The van der Waals surface area contributed by atoms with Crippen LogP contribution < -0.4 is 15.2 Å². The molecule has 0 aliphatic carbocycles. The minimum Gasteiger partial charge on any atom is -0.378 e. The van der Waals surface area contributed by atoms with Crippen LogP contribution in [0.3, 0.4) is 0 Å². The van der Waals surface area contributed by atoms with E-state index in [0.717, 1.165) is 54.7 Å². The van der Waals surface area contributed by atoms with E-state index >= 15 is 0 Å². The number of hydrogen-bond acceptors (Lipinski definition) is 6. The molecule has 7 nitrogen and oxygen atoms in total. The van der Waals surface area contributed by atoms with Gasteiger partial charge in [0, 0.05) is 30.5 Å². The molecule has 0 atom stereocenters. The SMILES string of the molecule is O=NN1Cc2cccnc2Nc2ccc(N3CCOCC3)cc21. The molecule has 2 aromatic rings. The predicted octanol–water partition coefficient (Wildman–Crippen LogP) is 2.66. The largest absolute Gasteiger partial charge is 0.378 e. The molecule has 0 saturated carbocycles. The van der Waals surface area contributed by atoms with Crippen molar-refractivity contribution < 1.29 is 4.74 Å². The fourth-order valence-electron chi connectivity index (χ4n) is 2.98. The van der Waals surface area contributed by atoms with Gasteiger partial charge in [-0.05, 0) is 24.3 Å². The molecule has 1 N–H and O–H groups in total. The van der Waals surface area contributed by atoms with Gasteiger partial charge in [0.25, 0.3) is 0 Å². The molecule has 1 aromatic carbocycles. The van der Waals surface area contributed by atoms with Crippen molar-refractivity contribution in [3.8, 4) is 0 Å². The summed E-state index contributed by atoms with van der Waals surface area (Å²) in [7, 11) is 0. The van der Waals surface area contributed by atoms with Gasteiger partial charge in [-0.2, -0.15) is 0 Å². The maximum atomic E-state index is 11.4. The second-order valence-electron chi connectivity index (χ2n) is 5.58. The summed E-state index contributed by atoms with van der Waals surface area (Å²) >= 11 is 0. The Morgan fingerprint density at radius 1 is 1.22 bits per heavy atom. The molecule has 2 aliphatic heterocycles. The lowest BCUT2D eigenvalue weighted by Gasteiger charge is -2.30. The Bertz CT molecular complexity index is 730.